The normalized spacial score (nSPS) is 18.2. The monoisotopic (exact) mass is 436 g/mol. The summed E-state index contributed by atoms with van der Waals surface area (Å²) < 4.78 is 5.82. The third-order valence-electron chi connectivity index (χ3n) is 4.79. The van der Waals surface area contributed by atoms with Crippen LogP contribution in [0, 0.1) is 28.6 Å². The van der Waals surface area contributed by atoms with E-state index in [0.717, 1.165) is 21.4 Å². The average Bonchev–Trinajstić information content (AvgIpc) is 3.04. The molecule has 0 saturated carbocycles. The number of carbonyl (C=O) groups is 1. The maximum Gasteiger partial charge on any atom is 0.307 e. The minimum atomic E-state index is -0.312. The third-order valence-corrected chi connectivity index (χ3v) is 5.32. The maximum atomic E-state index is 12.0. The molecule has 1 aliphatic heterocycles. The molecule has 0 fully saturated rings. The van der Waals surface area contributed by atoms with Crippen LogP contribution in [0.4, 0.5) is 5.69 Å². The molecule has 0 N–H and O–H groups in total. The van der Waals surface area contributed by atoms with Gasteiger partial charge in [0.05, 0.1) is 42.1 Å². The van der Waals surface area contributed by atoms with Crippen molar-refractivity contribution < 1.29 is 9.53 Å². The quantitative estimate of drug-likeness (QED) is 0.675. The molecule has 1 aliphatic rings. The van der Waals surface area contributed by atoms with Crippen molar-refractivity contribution in [3.8, 4) is 12.1 Å². The second kappa shape index (κ2) is 8.24. The topological polar surface area (TPSA) is 89.5 Å². The largest absolute Gasteiger partial charge is 0.469 e. The van der Waals surface area contributed by atoms with Crippen molar-refractivity contribution in [3.63, 3.8) is 0 Å². The van der Waals surface area contributed by atoms with Crippen LogP contribution in [0.3, 0.4) is 0 Å². The number of nitriles is 2. The molecule has 0 saturated heterocycles. The molecule has 0 radical (unpaired) electrons. The summed E-state index contributed by atoms with van der Waals surface area (Å²) in [4.78, 5) is 12.0. The second-order valence-electron chi connectivity index (χ2n) is 6.43. The lowest BCUT2D eigenvalue weighted by atomic mass is 9.89. The van der Waals surface area contributed by atoms with Gasteiger partial charge in [0.15, 0.2) is 0 Å². The fraction of sp³-hybridized carbons (Fsp3) is 0.238. The van der Waals surface area contributed by atoms with Crippen LogP contribution in [0.15, 0.2) is 52.0 Å². The fourth-order valence-electron chi connectivity index (χ4n) is 3.25. The molecule has 0 spiro atoms. The molecule has 2 unspecified atom stereocenters. The Balaban J connectivity index is 2.05. The number of ether oxygens (including phenoxy) is 1. The highest BCUT2D eigenvalue weighted by Crippen LogP contribution is 2.33. The Labute approximate surface area is 171 Å². The zero-order valence-electron chi connectivity index (χ0n) is 15.4. The van der Waals surface area contributed by atoms with Crippen molar-refractivity contribution in [1.82, 2.24) is 0 Å². The summed E-state index contributed by atoms with van der Waals surface area (Å²) in [6.45, 7) is 2.00. The van der Waals surface area contributed by atoms with Gasteiger partial charge in [-0.2, -0.15) is 15.6 Å². The van der Waals surface area contributed by atoms with E-state index in [-0.39, 0.29) is 24.3 Å². The van der Waals surface area contributed by atoms with Crippen molar-refractivity contribution in [1.29, 1.82) is 10.5 Å². The molecule has 3 rings (SSSR count). The van der Waals surface area contributed by atoms with E-state index in [2.05, 4.69) is 22.0 Å². The Hall–Kier alpha value is -3.16. The first-order valence-corrected chi connectivity index (χ1v) is 9.42. The van der Waals surface area contributed by atoms with Gasteiger partial charge in [0.1, 0.15) is 12.1 Å². The van der Waals surface area contributed by atoms with Crippen LogP contribution in [0.5, 0.6) is 0 Å². The molecule has 2 aromatic carbocycles. The fourth-order valence-corrected chi connectivity index (χ4v) is 3.51. The summed E-state index contributed by atoms with van der Waals surface area (Å²) in [6.07, 6.45) is 0.183. The molecule has 140 valence electrons. The number of rotatable bonds is 4. The third kappa shape index (κ3) is 3.76. The van der Waals surface area contributed by atoms with E-state index in [9.17, 15) is 10.1 Å². The lowest BCUT2D eigenvalue weighted by Crippen LogP contribution is -2.34. The molecule has 28 heavy (non-hydrogen) atoms. The number of anilines is 1. The first-order chi connectivity index (χ1) is 13.5. The minimum Gasteiger partial charge on any atom is -0.469 e. The first kappa shape index (κ1) is 19.6. The average molecular weight is 437 g/mol. The number of methoxy groups -OCH3 is 1. The Kier molecular flexibility index (Phi) is 5.77. The van der Waals surface area contributed by atoms with Gasteiger partial charge in [-0.1, -0.05) is 28.9 Å². The first-order valence-electron chi connectivity index (χ1n) is 8.63. The molecule has 0 bridgehead atoms. The number of hydrogen-bond donors (Lipinski definition) is 0. The lowest BCUT2D eigenvalue weighted by Gasteiger charge is -2.25. The Morgan fingerprint density at radius 2 is 1.86 bits per heavy atom. The summed E-state index contributed by atoms with van der Waals surface area (Å²) in [5.41, 5.74) is 3.01. The number of halogens is 1. The number of nitrogens with zero attached hydrogens (tertiary/aromatic N) is 4. The summed E-state index contributed by atoms with van der Waals surface area (Å²) in [5.74, 6) is -0.393. The highest BCUT2D eigenvalue weighted by atomic mass is 79.9. The van der Waals surface area contributed by atoms with Crippen LogP contribution in [0.25, 0.3) is 0 Å². The highest BCUT2D eigenvalue weighted by Gasteiger charge is 2.37. The van der Waals surface area contributed by atoms with Crippen molar-refractivity contribution in [2.45, 2.75) is 19.4 Å². The van der Waals surface area contributed by atoms with E-state index in [1.54, 1.807) is 18.2 Å². The van der Waals surface area contributed by atoms with Crippen LogP contribution in [-0.4, -0.2) is 24.8 Å². The number of hydrazone groups is 1. The Morgan fingerprint density at radius 3 is 2.46 bits per heavy atom. The van der Waals surface area contributed by atoms with E-state index >= 15 is 0 Å². The summed E-state index contributed by atoms with van der Waals surface area (Å²) in [6, 6.07) is 16.6. The number of hydrogen-bond acceptors (Lipinski definition) is 6. The van der Waals surface area contributed by atoms with Gasteiger partial charge in [-0.25, -0.2) is 0 Å². The van der Waals surface area contributed by atoms with Gasteiger partial charge in [-0.15, -0.1) is 0 Å². The zero-order chi connectivity index (χ0) is 20.3. The molecule has 2 atom stereocenters. The zero-order valence-corrected chi connectivity index (χ0v) is 17.0. The highest BCUT2D eigenvalue weighted by molar-refractivity contribution is 9.10. The summed E-state index contributed by atoms with van der Waals surface area (Å²) in [7, 11) is 1.37. The predicted octanol–water partition coefficient (Wildman–Crippen LogP) is 3.98. The van der Waals surface area contributed by atoms with Gasteiger partial charge in [0.25, 0.3) is 0 Å². The maximum absolute atomic E-state index is 12.0. The molecule has 0 aromatic heterocycles. The summed E-state index contributed by atoms with van der Waals surface area (Å²) >= 11 is 3.43. The number of esters is 1. The lowest BCUT2D eigenvalue weighted by molar-refractivity contribution is -0.141. The summed E-state index contributed by atoms with van der Waals surface area (Å²) in [5, 5.41) is 25.1. The van der Waals surface area contributed by atoms with Gasteiger partial charge >= 0.3 is 5.97 Å². The van der Waals surface area contributed by atoms with Crippen LogP contribution in [-0.2, 0) is 9.53 Å². The van der Waals surface area contributed by atoms with Gasteiger partial charge in [-0.3, -0.25) is 9.80 Å². The molecule has 2 aromatic rings. The van der Waals surface area contributed by atoms with Crippen molar-refractivity contribution in [3.05, 3.63) is 63.6 Å². The van der Waals surface area contributed by atoms with Crippen LogP contribution in [0.2, 0.25) is 0 Å². The molecular weight excluding hydrogens is 420 g/mol. The van der Waals surface area contributed by atoms with Gasteiger partial charge in [0.2, 0.25) is 0 Å². The number of benzene rings is 2. The van der Waals surface area contributed by atoms with Crippen molar-refractivity contribution in [2.75, 3.05) is 12.1 Å². The molecular formula is C21H17BrN4O2. The molecule has 7 heteroatoms. The van der Waals surface area contributed by atoms with E-state index in [1.807, 2.05) is 42.3 Å². The van der Waals surface area contributed by atoms with Crippen molar-refractivity contribution >= 4 is 33.3 Å². The van der Waals surface area contributed by atoms with Gasteiger partial charge in [0, 0.05) is 10.4 Å². The smallest absolute Gasteiger partial charge is 0.307 e. The van der Waals surface area contributed by atoms with Crippen LogP contribution >= 0.6 is 15.9 Å². The number of carbonyl (C=O) groups excluding carboxylic acids is 1. The molecule has 6 nitrogen and oxygen atoms in total. The molecule has 0 aliphatic carbocycles. The van der Waals surface area contributed by atoms with Crippen LogP contribution < -0.4 is 5.01 Å². The predicted molar refractivity (Wildman–Crippen MR) is 109 cm³/mol. The van der Waals surface area contributed by atoms with E-state index < -0.39 is 0 Å². The standard InChI is InChI=1S/C21H17BrN4O2/c1-13-19(10-20(27)28-2)26(18-7-5-17(22)6-8-18)25-21(13)14-3-4-15(11-23)16(9-14)12-24/h3-9,13,19H,10H2,1-2H3. The van der Waals surface area contributed by atoms with Gasteiger partial charge in [-0.05, 0) is 42.0 Å². The van der Waals surface area contributed by atoms with E-state index in [0.29, 0.717) is 11.1 Å². The van der Waals surface area contributed by atoms with E-state index in [1.165, 1.54) is 7.11 Å². The SMILES string of the molecule is COC(=O)CC1C(C)C(c2ccc(C#N)c(C#N)c2)=NN1c1ccc(Br)cc1. The Bertz CT molecular complexity index is 1020. The van der Waals surface area contributed by atoms with Crippen molar-refractivity contribution in [2.24, 2.45) is 11.0 Å². The van der Waals surface area contributed by atoms with Crippen LogP contribution in [0.1, 0.15) is 30.0 Å². The second-order valence-corrected chi connectivity index (χ2v) is 7.34. The minimum absolute atomic E-state index is 0.0813. The molecule has 1 heterocycles. The van der Waals surface area contributed by atoms with E-state index in [4.69, 9.17) is 15.1 Å². The Morgan fingerprint density at radius 1 is 1.18 bits per heavy atom. The van der Waals surface area contributed by atoms with Gasteiger partial charge < -0.3 is 4.74 Å². The molecule has 0 amide bonds.